The number of fused-ring (bicyclic) bond motifs is 4. The molecular weight excluding hydrogens is 372 g/mol. The molecule has 0 fully saturated rings. The third-order valence-corrected chi connectivity index (χ3v) is 7.27. The van der Waals surface area contributed by atoms with Crippen molar-refractivity contribution in [1.82, 2.24) is 0 Å². The van der Waals surface area contributed by atoms with E-state index in [1.165, 1.54) is 72.5 Å². The lowest BCUT2D eigenvalue weighted by Crippen LogP contribution is -1.96. The average Bonchev–Trinajstić information content (AvgIpc) is 3.39. The Morgan fingerprint density at radius 3 is 1.48 bits per heavy atom. The Morgan fingerprint density at radius 2 is 1.00 bits per heavy atom. The van der Waals surface area contributed by atoms with E-state index in [1.54, 1.807) is 0 Å². The molecule has 152 valence electrons. The van der Waals surface area contributed by atoms with Crippen LogP contribution < -0.4 is 0 Å². The van der Waals surface area contributed by atoms with E-state index in [4.69, 9.17) is 0 Å². The Kier molecular flexibility index (Phi) is 4.35. The molecule has 4 aromatic rings. The quantitative estimate of drug-likeness (QED) is 0.326. The summed E-state index contributed by atoms with van der Waals surface area (Å²) >= 11 is 0. The minimum absolute atomic E-state index is 1.08. The van der Waals surface area contributed by atoms with Crippen molar-refractivity contribution in [1.29, 1.82) is 0 Å². The molecule has 0 unspecified atom stereocenters. The third kappa shape index (κ3) is 3.31. The maximum atomic E-state index is 2.44. The van der Waals surface area contributed by atoms with Gasteiger partial charge >= 0.3 is 0 Å². The molecule has 0 amide bonds. The highest BCUT2D eigenvalue weighted by atomic mass is 14.2. The Hall–Kier alpha value is -3.12. The Labute approximate surface area is 184 Å². The summed E-state index contributed by atoms with van der Waals surface area (Å²) in [7, 11) is 0. The van der Waals surface area contributed by atoms with Gasteiger partial charge in [0, 0.05) is 0 Å². The predicted octanol–water partition coefficient (Wildman–Crippen LogP) is 7.92. The molecule has 0 aromatic heterocycles. The molecule has 6 rings (SSSR count). The second kappa shape index (κ2) is 7.24. The molecule has 2 aliphatic carbocycles. The normalized spacial score (nSPS) is 14.0. The Balaban J connectivity index is 1.23. The summed E-state index contributed by atoms with van der Waals surface area (Å²) in [6.07, 6.45) is 14.7. The number of hydrogen-bond donors (Lipinski definition) is 0. The average molecular weight is 401 g/mol. The fourth-order valence-electron chi connectivity index (χ4n) is 5.45. The molecule has 31 heavy (non-hydrogen) atoms. The summed E-state index contributed by atoms with van der Waals surface area (Å²) in [5, 5.41) is 5.54. The van der Waals surface area contributed by atoms with E-state index in [2.05, 4.69) is 86.7 Å². The summed E-state index contributed by atoms with van der Waals surface area (Å²) < 4.78 is 0. The Morgan fingerprint density at radius 1 is 0.548 bits per heavy atom. The summed E-state index contributed by atoms with van der Waals surface area (Å²) in [5.74, 6) is 0. The lowest BCUT2D eigenvalue weighted by molar-refractivity contribution is 0.814. The molecule has 0 heterocycles. The number of rotatable bonds is 4. The highest BCUT2D eigenvalue weighted by molar-refractivity contribution is 5.89. The molecule has 0 bridgehead atoms. The van der Waals surface area contributed by atoms with Gasteiger partial charge < -0.3 is 0 Å². The first-order valence-electron chi connectivity index (χ1n) is 11.6. The standard InChI is InChI=1S/C31H28/c1-20-12-28-16-24-8-4-10-26(24)18-30(28)14-22(20)6-3-7-23-15-31-19-27-11-5-9-25(27)17-29(31)13-21(23)2/h4-5,8-9,12-19H,3,6-7,10-11H2,1-2H3. The molecule has 0 spiro atoms. The van der Waals surface area contributed by atoms with Gasteiger partial charge in [0.1, 0.15) is 0 Å². The molecule has 0 nitrogen and oxygen atoms in total. The van der Waals surface area contributed by atoms with Crippen molar-refractivity contribution in [2.24, 2.45) is 0 Å². The molecule has 0 radical (unpaired) electrons. The van der Waals surface area contributed by atoms with E-state index < -0.39 is 0 Å². The van der Waals surface area contributed by atoms with Crippen molar-refractivity contribution < 1.29 is 0 Å². The monoisotopic (exact) mass is 400 g/mol. The van der Waals surface area contributed by atoms with Crippen molar-refractivity contribution in [2.75, 3.05) is 0 Å². The molecule has 2 aliphatic rings. The number of hydrogen-bond acceptors (Lipinski definition) is 0. The van der Waals surface area contributed by atoms with Crippen LogP contribution in [0.15, 0.2) is 60.7 Å². The zero-order valence-corrected chi connectivity index (χ0v) is 18.5. The summed E-state index contributed by atoms with van der Waals surface area (Å²) in [6, 6.07) is 19.1. The maximum absolute atomic E-state index is 2.44. The molecular formula is C31H28. The van der Waals surface area contributed by atoms with Gasteiger partial charge in [-0.15, -0.1) is 0 Å². The molecule has 0 atom stereocenters. The van der Waals surface area contributed by atoms with Gasteiger partial charge in [-0.25, -0.2) is 0 Å². The van der Waals surface area contributed by atoms with Gasteiger partial charge in [0.05, 0.1) is 0 Å². The number of aryl methyl sites for hydroxylation is 4. The van der Waals surface area contributed by atoms with E-state index in [-0.39, 0.29) is 0 Å². The van der Waals surface area contributed by atoms with Crippen LogP contribution in [-0.4, -0.2) is 0 Å². The topological polar surface area (TPSA) is 0 Å². The lowest BCUT2D eigenvalue weighted by atomic mass is 9.92. The van der Waals surface area contributed by atoms with Gasteiger partial charge in [0.2, 0.25) is 0 Å². The van der Waals surface area contributed by atoms with Crippen LogP contribution in [0.5, 0.6) is 0 Å². The highest BCUT2D eigenvalue weighted by Gasteiger charge is 2.11. The van der Waals surface area contributed by atoms with Crippen molar-refractivity contribution >= 4 is 33.7 Å². The van der Waals surface area contributed by atoms with Crippen molar-refractivity contribution in [3.63, 3.8) is 0 Å². The van der Waals surface area contributed by atoms with E-state index in [0.717, 1.165) is 25.7 Å². The molecule has 0 saturated heterocycles. The molecule has 0 aliphatic heterocycles. The van der Waals surface area contributed by atoms with Crippen molar-refractivity contribution in [2.45, 2.75) is 46.0 Å². The van der Waals surface area contributed by atoms with Gasteiger partial charge in [-0.3, -0.25) is 0 Å². The first-order chi connectivity index (χ1) is 15.1. The highest BCUT2D eigenvalue weighted by Crippen LogP contribution is 2.30. The van der Waals surface area contributed by atoms with Gasteiger partial charge in [0.25, 0.3) is 0 Å². The van der Waals surface area contributed by atoms with E-state index >= 15 is 0 Å². The predicted molar refractivity (Wildman–Crippen MR) is 135 cm³/mol. The van der Waals surface area contributed by atoms with E-state index in [1.807, 2.05) is 0 Å². The van der Waals surface area contributed by atoms with Gasteiger partial charge in [-0.2, -0.15) is 0 Å². The molecule has 0 saturated carbocycles. The van der Waals surface area contributed by atoms with Gasteiger partial charge in [-0.05, 0) is 124 Å². The van der Waals surface area contributed by atoms with Crippen LogP contribution in [0.2, 0.25) is 0 Å². The van der Waals surface area contributed by atoms with Crippen LogP contribution >= 0.6 is 0 Å². The first-order valence-corrected chi connectivity index (χ1v) is 11.6. The van der Waals surface area contributed by atoms with E-state index in [9.17, 15) is 0 Å². The smallest absolute Gasteiger partial charge is 0.00880 e. The molecule has 0 N–H and O–H groups in total. The third-order valence-electron chi connectivity index (χ3n) is 7.27. The fraction of sp³-hybridized carbons (Fsp3) is 0.226. The van der Waals surface area contributed by atoms with Crippen LogP contribution in [0.3, 0.4) is 0 Å². The lowest BCUT2D eigenvalue weighted by Gasteiger charge is -2.12. The van der Waals surface area contributed by atoms with Crippen molar-refractivity contribution in [3.8, 4) is 0 Å². The fourth-order valence-corrected chi connectivity index (χ4v) is 5.45. The van der Waals surface area contributed by atoms with Crippen LogP contribution in [-0.2, 0) is 25.7 Å². The second-order valence-corrected chi connectivity index (χ2v) is 9.42. The second-order valence-electron chi connectivity index (χ2n) is 9.42. The minimum atomic E-state index is 1.08. The molecule has 0 heteroatoms. The van der Waals surface area contributed by atoms with Crippen molar-refractivity contribution in [3.05, 3.63) is 105 Å². The van der Waals surface area contributed by atoms with Gasteiger partial charge in [0.15, 0.2) is 0 Å². The first kappa shape index (κ1) is 18.6. The largest absolute Gasteiger partial charge is 0.0795 e. The summed E-state index contributed by atoms with van der Waals surface area (Å²) in [6.45, 7) is 4.54. The Bertz CT molecular complexity index is 1300. The molecule has 4 aromatic carbocycles. The van der Waals surface area contributed by atoms with Crippen LogP contribution in [0, 0.1) is 13.8 Å². The number of allylic oxidation sites excluding steroid dienone is 2. The van der Waals surface area contributed by atoms with E-state index in [0.29, 0.717) is 0 Å². The summed E-state index contributed by atoms with van der Waals surface area (Å²) in [5.41, 5.74) is 11.6. The van der Waals surface area contributed by atoms with Crippen LogP contribution in [0.25, 0.3) is 33.7 Å². The van der Waals surface area contributed by atoms with Gasteiger partial charge in [-0.1, -0.05) is 60.7 Å². The zero-order valence-electron chi connectivity index (χ0n) is 18.5. The maximum Gasteiger partial charge on any atom is -0.00880 e. The SMILES string of the molecule is Cc1cc2cc3c(cc2cc1CCCc1cc2cc4c(cc2cc1C)C=CC4)CC=C3. The minimum Gasteiger partial charge on any atom is -0.0795 e. The summed E-state index contributed by atoms with van der Waals surface area (Å²) in [4.78, 5) is 0. The van der Waals surface area contributed by atoms with Crippen LogP contribution in [0.4, 0.5) is 0 Å². The number of benzene rings is 4. The zero-order chi connectivity index (χ0) is 20.9. The van der Waals surface area contributed by atoms with Crippen LogP contribution in [0.1, 0.15) is 50.9 Å².